The van der Waals surface area contributed by atoms with Gasteiger partial charge in [-0.25, -0.2) is 8.42 Å². The molecular weight excluding hydrogens is 374 g/mol. The number of H-pyrrole nitrogens is 1. The summed E-state index contributed by atoms with van der Waals surface area (Å²) in [6.07, 6.45) is 0. The first-order valence-corrected chi connectivity index (χ1v) is 10.0. The summed E-state index contributed by atoms with van der Waals surface area (Å²) in [4.78, 5) is 0.235. The van der Waals surface area contributed by atoms with Gasteiger partial charge >= 0.3 is 0 Å². The van der Waals surface area contributed by atoms with Crippen LogP contribution in [0.15, 0.2) is 77.7 Å². The Morgan fingerprint density at radius 1 is 0.857 bits per heavy atom. The number of benzene rings is 3. The molecule has 0 saturated heterocycles. The Hall–Kier alpha value is -3.52. The van der Waals surface area contributed by atoms with Crippen LogP contribution in [-0.2, 0) is 10.0 Å². The predicted octanol–water partition coefficient (Wildman–Crippen LogP) is 3.64. The standard InChI is InChI=1S/C20H17N5O2S/c1-14-10-11-16(15-6-3-2-4-7-15)13-19(14)28(26,27)23-18-9-5-8-17(12-18)20-21-24-25-22-20/h2-13,23H,1H3,(H,21,22,24,25). The molecule has 1 aromatic heterocycles. The monoisotopic (exact) mass is 391 g/mol. The number of nitrogens with zero attached hydrogens (tertiary/aromatic N) is 3. The van der Waals surface area contributed by atoms with Crippen LogP contribution < -0.4 is 4.72 Å². The summed E-state index contributed by atoms with van der Waals surface area (Å²) >= 11 is 0. The fourth-order valence-electron chi connectivity index (χ4n) is 2.92. The van der Waals surface area contributed by atoms with Crippen molar-refractivity contribution in [3.8, 4) is 22.5 Å². The number of rotatable bonds is 5. The summed E-state index contributed by atoms with van der Waals surface area (Å²) in [5.74, 6) is 0.392. The van der Waals surface area contributed by atoms with Crippen LogP contribution in [0.1, 0.15) is 5.56 Å². The van der Waals surface area contributed by atoms with Gasteiger partial charge in [-0.3, -0.25) is 4.72 Å². The summed E-state index contributed by atoms with van der Waals surface area (Å²) in [5.41, 5.74) is 3.54. The number of sulfonamides is 1. The van der Waals surface area contributed by atoms with E-state index in [1.807, 2.05) is 42.5 Å². The molecule has 0 atom stereocenters. The minimum absolute atomic E-state index is 0.235. The van der Waals surface area contributed by atoms with Crippen molar-refractivity contribution in [2.75, 3.05) is 4.72 Å². The SMILES string of the molecule is Cc1ccc(-c2ccccc2)cc1S(=O)(=O)Nc1cccc(-c2nn[nH]n2)c1. The average molecular weight is 391 g/mol. The average Bonchev–Trinajstić information content (AvgIpc) is 3.24. The third-order valence-electron chi connectivity index (χ3n) is 4.30. The molecule has 28 heavy (non-hydrogen) atoms. The second-order valence-corrected chi connectivity index (χ2v) is 7.92. The lowest BCUT2D eigenvalue weighted by Crippen LogP contribution is -2.14. The lowest BCUT2D eigenvalue weighted by Gasteiger charge is -2.13. The minimum Gasteiger partial charge on any atom is -0.280 e. The van der Waals surface area contributed by atoms with Crippen molar-refractivity contribution in [1.29, 1.82) is 0 Å². The molecular formula is C20H17N5O2S. The van der Waals surface area contributed by atoms with E-state index in [4.69, 9.17) is 0 Å². The fraction of sp³-hybridized carbons (Fsp3) is 0.0500. The number of anilines is 1. The minimum atomic E-state index is -3.77. The van der Waals surface area contributed by atoms with E-state index in [1.54, 1.807) is 37.3 Å². The molecule has 0 saturated carbocycles. The number of nitrogens with one attached hydrogen (secondary N) is 2. The third kappa shape index (κ3) is 3.63. The first-order valence-electron chi connectivity index (χ1n) is 8.56. The summed E-state index contributed by atoms with van der Waals surface area (Å²) in [5, 5.41) is 13.7. The Morgan fingerprint density at radius 2 is 1.64 bits per heavy atom. The largest absolute Gasteiger partial charge is 0.280 e. The molecule has 0 radical (unpaired) electrons. The van der Waals surface area contributed by atoms with E-state index in [9.17, 15) is 8.42 Å². The third-order valence-corrected chi connectivity index (χ3v) is 5.83. The van der Waals surface area contributed by atoms with Crippen LogP contribution in [0.5, 0.6) is 0 Å². The van der Waals surface area contributed by atoms with Crippen LogP contribution in [0.3, 0.4) is 0 Å². The summed E-state index contributed by atoms with van der Waals surface area (Å²) < 4.78 is 28.7. The summed E-state index contributed by atoms with van der Waals surface area (Å²) in [6, 6.07) is 21.9. The summed E-state index contributed by atoms with van der Waals surface area (Å²) in [7, 11) is -3.77. The van der Waals surface area contributed by atoms with Gasteiger partial charge in [-0.1, -0.05) is 54.6 Å². The Kier molecular flexibility index (Phi) is 4.62. The van der Waals surface area contributed by atoms with Crippen molar-refractivity contribution >= 4 is 15.7 Å². The van der Waals surface area contributed by atoms with E-state index in [0.29, 0.717) is 22.6 Å². The van der Waals surface area contributed by atoms with E-state index in [0.717, 1.165) is 11.1 Å². The molecule has 140 valence electrons. The van der Waals surface area contributed by atoms with Gasteiger partial charge in [-0.05, 0) is 47.0 Å². The number of tetrazole rings is 1. The van der Waals surface area contributed by atoms with Crippen molar-refractivity contribution in [2.45, 2.75) is 11.8 Å². The van der Waals surface area contributed by atoms with Gasteiger partial charge in [-0.2, -0.15) is 5.21 Å². The Labute approximate surface area is 162 Å². The first-order chi connectivity index (χ1) is 13.5. The van der Waals surface area contributed by atoms with Crippen molar-refractivity contribution in [1.82, 2.24) is 20.6 Å². The van der Waals surface area contributed by atoms with Crippen LogP contribution in [0, 0.1) is 6.92 Å². The van der Waals surface area contributed by atoms with E-state index >= 15 is 0 Å². The topological polar surface area (TPSA) is 101 Å². The number of aromatic amines is 1. The molecule has 0 fully saturated rings. The van der Waals surface area contributed by atoms with E-state index in [1.165, 1.54) is 0 Å². The molecule has 0 aliphatic rings. The molecule has 7 nitrogen and oxygen atoms in total. The molecule has 0 aliphatic carbocycles. The highest BCUT2D eigenvalue weighted by Gasteiger charge is 2.18. The van der Waals surface area contributed by atoms with Gasteiger partial charge in [0.05, 0.1) is 4.90 Å². The van der Waals surface area contributed by atoms with E-state index in [-0.39, 0.29) is 4.90 Å². The second-order valence-electron chi connectivity index (χ2n) is 6.27. The van der Waals surface area contributed by atoms with Crippen molar-refractivity contribution < 1.29 is 8.42 Å². The maximum Gasteiger partial charge on any atom is 0.262 e. The highest BCUT2D eigenvalue weighted by atomic mass is 32.2. The smallest absolute Gasteiger partial charge is 0.262 e. The molecule has 0 amide bonds. The van der Waals surface area contributed by atoms with Gasteiger partial charge in [0.15, 0.2) is 0 Å². The Balaban J connectivity index is 1.69. The number of hydrogen-bond donors (Lipinski definition) is 2. The molecule has 3 aromatic carbocycles. The zero-order chi connectivity index (χ0) is 19.6. The van der Waals surface area contributed by atoms with Crippen LogP contribution >= 0.6 is 0 Å². The Morgan fingerprint density at radius 3 is 2.39 bits per heavy atom. The van der Waals surface area contributed by atoms with Crippen molar-refractivity contribution in [2.24, 2.45) is 0 Å². The molecule has 0 aliphatic heterocycles. The quantitative estimate of drug-likeness (QED) is 0.541. The lowest BCUT2D eigenvalue weighted by atomic mass is 10.0. The van der Waals surface area contributed by atoms with Crippen LogP contribution in [0.2, 0.25) is 0 Å². The normalized spacial score (nSPS) is 11.3. The zero-order valence-corrected chi connectivity index (χ0v) is 15.8. The zero-order valence-electron chi connectivity index (χ0n) is 15.0. The van der Waals surface area contributed by atoms with E-state index < -0.39 is 10.0 Å². The molecule has 2 N–H and O–H groups in total. The molecule has 0 unspecified atom stereocenters. The predicted molar refractivity (Wildman–Crippen MR) is 107 cm³/mol. The van der Waals surface area contributed by atoms with Gasteiger partial charge in [0.25, 0.3) is 10.0 Å². The number of aryl methyl sites for hydroxylation is 1. The fourth-order valence-corrected chi connectivity index (χ4v) is 4.24. The molecule has 0 bridgehead atoms. The summed E-state index contributed by atoms with van der Waals surface area (Å²) in [6.45, 7) is 1.78. The molecule has 4 aromatic rings. The number of aromatic nitrogens is 4. The molecule has 4 rings (SSSR count). The number of hydrogen-bond acceptors (Lipinski definition) is 5. The molecule has 0 spiro atoms. The van der Waals surface area contributed by atoms with E-state index in [2.05, 4.69) is 25.3 Å². The highest BCUT2D eigenvalue weighted by molar-refractivity contribution is 7.92. The highest BCUT2D eigenvalue weighted by Crippen LogP contribution is 2.27. The van der Waals surface area contributed by atoms with Crippen molar-refractivity contribution in [3.05, 3.63) is 78.4 Å². The van der Waals surface area contributed by atoms with Gasteiger partial charge < -0.3 is 0 Å². The molecule has 8 heteroatoms. The van der Waals surface area contributed by atoms with Crippen molar-refractivity contribution in [3.63, 3.8) is 0 Å². The van der Waals surface area contributed by atoms with Gasteiger partial charge in [0.1, 0.15) is 0 Å². The maximum absolute atomic E-state index is 13.0. The van der Waals surface area contributed by atoms with Gasteiger partial charge in [0.2, 0.25) is 5.82 Å². The van der Waals surface area contributed by atoms with Crippen LogP contribution in [0.4, 0.5) is 5.69 Å². The molecule has 1 heterocycles. The van der Waals surface area contributed by atoms with Gasteiger partial charge in [-0.15, -0.1) is 10.2 Å². The van der Waals surface area contributed by atoms with Crippen LogP contribution in [0.25, 0.3) is 22.5 Å². The second kappa shape index (κ2) is 7.24. The maximum atomic E-state index is 13.0. The first kappa shape index (κ1) is 17.9. The Bertz CT molecular complexity index is 1210. The van der Waals surface area contributed by atoms with Crippen LogP contribution in [-0.4, -0.2) is 29.0 Å². The lowest BCUT2D eigenvalue weighted by molar-refractivity contribution is 0.600. The van der Waals surface area contributed by atoms with Gasteiger partial charge in [0, 0.05) is 11.3 Å².